The van der Waals surface area contributed by atoms with Crippen LogP contribution < -0.4 is 0 Å². The molecule has 0 heterocycles. The zero-order chi connectivity index (χ0) is 13.8. The topological polar surface area (TPSA) is 37.3 Å². The van der Waals surface area contributed by atoms with Gasteiger partial charge in [-0.05, 0) is 35.7 Å². The minimum atomic E-state index is -0.952. The average molecular weight is 279 g/mol. The van der Waals surface area contributed by atoms with Crippen molar-refractivity contribution in [3.8, 4) is 0 Å². The molecule has 1 atom stereocenters. The lowest BCUT2D eigenvalue weighted by atomic mass is 9.92. The fourth-order valence-corrected chi connectivity index (χ4v) is 2.14. The van der Waals surface area contributed by atoms with E-state index in [1.807, 2.05) is 6.07 Å². The first-order valence-electron chi connectivity index (χ1n) is 5.79. The van der Waals surface area contributed by atoms with E-state index in [1.54, 1.807) is 18.2 Å². The van der Waals surface area contributed by atoms with Gasteiger partial charge in [-0.1, -0.05) is 41.9 Å². The van der Waals surface area contributed by atoms with Crippen molar-refractivity contribution in [3.63, 3.8) is 0 Å². The highest BCUT2D eigenvalue weighted by atomic mass is 35.5. The molecule has 0 aliphatic heterocycles. The van der Waals surface area contributed by atoms with E-state index in [0.29, 0.717) is 10.6 Å². The molecular weight excluding hydrogens is 267 g/mol. The Balaban J connectivity index is 2.29. The Bertz CT molecular complexity index is 581. The summed E-state index contributed by atoms with van der Waals surface area (Å²) >= 11 is 6.03. The summed E-state index contributed by atoms with van der Waals surface area (Å²) in [4.78, 5) is 11.4. The maximum Gasteiger partial charge on any atom is 0.311 e. The maximum absolute atomic E-state index is 12.9. The fourth-order valence-electron chi connectivity index (χ4n) is 1.93. The fraction of sp³-hybridized carbons (Fsp3) is 0.133. The van der Waals surface area contributed by atoms with Gasteiger partial charge in [0.25, 0.3) is 0 Å². The lowest BCUT2D eigenvalue weighted by molar-refractivity contribution is -0.138. The van der Waals surface area contributed by atoms with Crippen molar-refractivity contribution in [1.82, 2.24) is 0 Å². The van der Waals surface area contributed by atoms with Crippen molar-refractivity contribution in [3.05, 3.63) is 70.5 Å². The second-order valence-electron chi connectivity index (χ2n) is 4.24. The molecule has 2 aromatic carbocycles. The van der Waals surface area contributed by atoms with Crippen molar-refractivity contribution in [2.24, 2.45) is 0 Å². The first kappa shape index (κ1) is 13.6. The number of halogens is 2. The second kappa shape index (κ2) is 5.85. The average Bonchev–Trinajstić information content (AvgIpc) is 2.39. The molecule has 0 fully saturated rings. The summed E-state index contributed by atoms with van der Waals surface area (Å²) in [6, 6.07) is 12.6. The Morgan fingerprint density at radius 3 is 2.37 bits per heavy atom. The van der Waals surface area contributed by atoms with Gasteiger partial charge in [0.2, 0.25) is 0 Å². The predicted octanol–water partition coefficient (Wildman–Crippen LogP) is 3.89. The number of rotatable bonds is 4. The van der Waals surface area contributed by atoms with Gasteiger partial charge in [-0.25, -0.2) is 4.39 Å². The van der Waals surface area contributed by atoms with Gasteiger partial charge in [0.15, 0.2) is 0 Å². The Morgan fingerprint density at radius 1 is 1.16 bits per heavy atom. The number of aliphatic carboxylic acids is 1. The molecule has 0 aromatic heterocycles. The van der Waals surface area contributed by atoms with E-state index in [4.69, 9.17) is 11.6 Å². The van der Waals surface area contributed by atoms with Crippen LogP contribution in [-0.4, -0.2) is 11.1 Å². The van der Waals surface area contributed by atoms with Crippen LogP contribution in [0.1, 0.15) is 17.0 Å². The Labute approximate surface area is 115 Å². The molecule has 0 amide bonds. The summed E-state index contributed by atoms with van der Waals surface area (Å²) in [5.41, 5.74) is 1.33. The highest BCUT2D eigenvalue weighted by Gasteiger charge is 2.21. The monoisotopic (exact) mass is 278 g/mol. The third-order valence-corrected chi connectivity index (χ3v) is 3.32. The number of carboxylic acid groups (broad SMARTS) is 1. The molecule has 0 bridgehead atoms. The van der Waals surface area contributed by atoms with E-state index in [1.165, 1.54) is 24.3 Å². The molecule has 4 heteroatoms. The summed E-state index contributed by atoms with van der Waals surface area (Å²) in [6.07, 6.45) is 0.278. The molecule has 0 aliphatic rings. The molecule has 0 saturated heterocycles. The number of benzene rings is 2. The van der Waals surface area contributed by atoms with E-state index in [0.717, 1.165) is 5.56 Å². The van der Waals surface area contributed by atoms with E-state index in [2.05, 4.69) is 0 Å². The molecule has 2 aromatic rings. The third kappa shape index (κ3) is 3.32. The maximum atomic E-state index is 12.9. The van der Waals surface area contributed by atoms with Crippen LogP contribution in [0.5, 0.6) is 0 Å². The summed E-state index contributed by atoms with van der Waals surface area (Å²) in [7, 11) is 0. The standard InChI is InChI=1S/C15H12ClFO2/c16-14-4-2-1-3-11(14)9-13(15(18)19)10-5-7-12(17)8-6-10/h1-8,13H,9H2,(H,18,19). The minimum absolute atomic E-state index is 0.278. The molecule has 0 saturated carbocycles. The number of hydrogen-bond donors (Lipinski definition) is 1. The highest BCUT2D eigenvalue weighted by molar-refractivity contribution is 6.31. The molecule has 1 unspecified atom stereocenters. The molecule has 98 valence electrons. The van der Waals surface area contributed by atoms with E-state index in [-0.39, 0.29) is 12.2 Å². The Hall–Kier alpha value is -1.87. The van der Waals surface area contributed by atoms with Crippen LogP contribution in [0.25, 0.3) is 0 Å². The molecule has 2 nitrogen and oxygen atoms in total. The first-order chi connectivity index (χ1) is 9.08. The number of carbonyl (C=O) groups is 1. The molecule has 2 rings (SSSR count). The van der Waals surface area contributed by atoms with Crippen LogP contribution in [-0.2, 0) is 11.2 Å². The van der Waals surface area contributed by atoms with Crippen LogP contribution in [0, 0.1) is 5.82 Å². The molecule has 0 aliphatic carbocycles. The van der Waals surface area contributed by atoms with Gasteiger partial charge in [0, 0.05) is 5.02 Å². The van der Waals surface area contributed by atoms with Gasteiger partial charge in [-0.15, -0.1) is 0 Å². The third-order valence-electron chi connectivity index (χ3n) is 2.95. The van der Waals surface area contributed by atoms with Gasteiger partial charge in [-0.3, -0.25) is 4.79 Å². The van der Waals surface area contributed by atoms with Gasteiger partial charge in [0.05, 0.1) is 5.92 Å². The number of hydrogen-bond acceptors (Lipinski definition) is 1. The van der Waals surface area contributed by atoms with Crippen LogP contribution in [0.4, 0.5) is 4.39 Å². The van der Waals surface area contributed by atoms with Crippen LogP contribution >= 0.6 is 11.6 Å². The smallest absolute Gasteiger partial charge is 0.311 e. The molecule has 0 radical (unpaired) electrons. The van der Waals surface area contributed by atoms with E-state index >= 15 is 0 Å². The second-order valence-corrected chi connectivity index (χ2v) is 4.65. The lowest BCUT2D eigenvalue weighted by Gasteiger charge is -2.13. The first-order valence-corrected chi connectivity index (χ1v) is 6.17. The van der Waals surface area contributed by atoms with Gasteiger partial charge in [-0.2, -0.15) is 0 Å². The molecule has 1 N–H and O–H groups in total. The summed E-state index contributed by atoms with van der Waals surface area (Å²) in [6.45, 7) is 0. The molecular formula is C15H12ClFO2. The van der Waals surface area contributed by atoms with Crippen LogP contribution in [0.15, 0.2) is 48.5 Å². The zero-order valence-electron chi connectivity index (χ0n) is 10.0. The predicted molar refractivity (Wildman–Crippen MR) is 71.9 cm³/mol. The van der Waals surface area contributed by atoms with Crippen molar-refractivity contribution in [1.29, 1.82) is 0 Å². The van der Waals surface area contributed by atoms with Gasteiger partial charge >= 0.3 is 5.97 Å². The zero-order valence-corrected chi connectivity index (χ0v) is 10.8. The highest BCUT2D eigenvalue weighted by Crippen LogP contribution is 2.25. The normalized spacial score (nSPS) is 12.1. The quantitative estimate of drug-likeness (QED) is 0.921. The minimum Gasteiger partial charge on any atom is -0.481 e. The lowest BCUT2D eigenvalue weighted by Crippen LogP contribution is -2.14. The summed E-state index contributed by atoms with van der Waals surface area (Å²) in [5, 5.41) is 9.85. The van der Waals surface area contributed by atoms with Crippen molar-refractivity contribution < 1.29 is 14.3 Å². The summed E-state index contributed by atoms with van der Waals surface area (Å²) < 4.78 is 12.9. The summed E-state index contributed by atoms with van der Waals surface area (Å²) in [5.74, 6) is -2.07. The number of carboxylic acids is 1. The van der Waals surface area contributed by atoms with Crippen molar-refractivity contribution in [2.75, 3.05) is 0 Å². The van der Waals surface area contributed by atoms with E-state index in [9.17, 15) is 14.3 Å². The van der Waals surface area contributed by atoms with Crippen molar-refractivity contribution >= 4 is 17.6 Å². The Morgan fingerprint density at radius 2 is 1.79 bits per heavy atom. The SMILES string of the molecule is O=C(O)C(Cc1ccccc1Cl)c1ccc(F)cc1. The van der Waals surface area contributed by atoms with Gasteiger partial charge in [0.1, 0.15) is 5.82 Å². The van der Waals surface area contributed by atoms with E-state index < -0.39 is 11.9 Å². The van der Waals surface area contributed by atoms with Crippen molar-refractivity contribution in [2.45, 2.75) is 12.3 Å². The molecule has 19 heavy (non-hydrogen) atoms. The Kier molecular flexibility index (Phi) is 4.17. The largest absolute Gasteiger partial charge is 0.481 e. The van der Waals surface area contributed by atoms with Crippen LogP contribution in [0.2, 0.25) is 5.02 Å². The molecule has 0 spiro atoms. The van der Waals surface area contributed by atoms with Gasteiger partial charge < -0.3 is 5.11 Å². The van der Waals surface area contributed by atoms with Crippen LogP contribution in [0.3, 0.4) is 0 Å².